The molecule has 8 nitrogen and oxygen atoms in total. The van der Waals surface area contributed by atoms with E-state index in [0.29, 0.717) is 5.69 Å². The molecule has 8 heteroatoms. The Morgan fingerprint density at radius 3 is 2.89 bits per heavy atom. The summed E-state index contributed by atoms with van der Waals surface area (Å²) in [7, 11) is 0. The Labute approximate surface area is 107 Å². The van der Waals surface area contributed by atoms with Gasteiger partial charge in [-0.05, 0) is 6.07 Å². The number of carbonyl (C=O) groups is 1. The summed E-state index contributed by atoms with van der Waals surface area (Å²) in [4.78, 5) is 13.5. The van der Waals surface area contributed by atoms with Gasteiger partial charge in [-0.1, -0.05) is 0 Å². The zero-order valence-corrected chi connectivity index (χ0v) is 9.79. The topological polar surface area (TPSA) is 122 Å². The molecular weight excluding hydrogens is 248 g/mol. The Morgan fingerprint density at radius 1 is 1.47 bits per heavy atom. The van der Waals surface area contributed by atoms with Crippen molar-refractivity contribution in [2.75, 3.05) is 13.1 Å². The number of β-amino-alcohol motifs (C(OH)–C–C–N with tert-alkyl or cyclic N) is 1. The maximum atomic E-state index is 12.1. The lowest BCUT2D eigenvalue weighted by Gasteiger charge is -2.45. The molecule has 2 aromatic heterocycles. The van der Waals surface area contributed by atoms with Crippen molar-refractivity contribution >= 4 is 5.91 Å². The maximum Gasteiger partial charge on any atom is 0.273 e. The summed E-state index contributed by atoms with van der Waals surface area (Å²) >= 11 is 0. The number of nitriles is 1. The number of rotatable bonds is 2. The molecule has 19 heavy (non-hydrogen) atoms. The van der Waals surface area contributed by atoms with Crippen molar-refractivity contribution in [2.24, 2.45) is 0 Å². The SMILES string of the molecule is N#Cc1cn[nH]c1C(=O)N1CC(O)(c2ccn[nH]2)C1. The van der Waals surface area contributed by atoms with Gasteiger partial charge in [-0.3, -0.25) is 15.0 Å². The Morgan fingerprint density at radius 2 is 2.26 bits per heavy atom. The fourth-order valence-corrected chi connectivity index (χ4v) is 2.11. The molecule has 1 amide bonds. The molecule has 3 N–H and O–H groups in total. The minimum Gasteiger partial charge on any atom is -0.380 e. The van der Waals surface area contributed by atoms with E-state index in [0.717, 1.165) is 0 Å². The van der Waals surface area contributed by atoms with E-state index in [4.69, 9.17) is 5.26 Å². The van der Waals surface area contributed by atoms with E-state index in [1.165, 1.54) is 11.1 Å². The molecular formula is C11H10N6O2. The Hall–Kier alpha value is -2.66. The van der Waals surface area contributed by atoms with E-state index >= 15 is 0 Å². The number of H-pyrrole nitrogens is 2. The van der Waals surface area contributed by atoms with Gasteiger partial charge < -0.3 is 10.0 Å². The van der Waals surface area contributed by atoms with Crippen LogP contribution in [0.2, 0.25) is 0 Å². The molecule has 1 aliphatic rings. The molecule has 3 rings (SSSR count). The predicted molar refractivity (Wildman–Crippen MR) is 61.7 cm³/mol. The molecule has 0 atom stereocenters. The molecule has 96 valence electrons. The van der Waals surface area contributed by atoms with Crippen molar-refractivity contribution < 1.29 is 9.90 Å². The summed E-state index contributed by atoms with van der Waals surface area (Å²) in [6.07, 6.45) is 2.84. The summed E-state index contributed by atoms with van der Waals surface area (Å²) in [6.45, 7) is 0.301. The zero-order chi connectivity index (χ0) is 13.5. The van der Waals surface area contributed by atoms with Crippen LogP contribution in [0.1, 0.15) is 21.7 Å². The lowest BCUT2D eigenvalue weighted by Crippen LogP contribution is -2.61. The number of aromatic amines is 2. The van der Waals surface area contributed by atoms with Crippen LogP contribution >= 0.6 is 0 Å². The first-order chi connectivity index (χ1) is 9.14. The average Bonchev–Trinajstić information content (AvgIpc) is 3.03. The summed E-state index contributed by atoms with van der Waals surface area (Å²) in [5.74, 6) is -0.349. The van der Waals surface area contributed by atoms with Gasteiger partial charge in [0, 0.05) is 6.20 Å². The second kappa shape index (κ2) is 3.93. The molecule has 0 radical (unpaired) electrons. The van der Waals surface area contributed by atoms with Gasteiger partial charge >= 0.3 is 0 Å². The van der Waals surface area contributed by atoms with Crippen molar-refractivity contribution in [3.63, 3.8) is 0 Å². The molecule has 0 spiro atoms. The second-order valence-electron chi connectivity index (χ2n) is 4.43. The first-order valence-electron chi connectivity index (χ1n) is 5.59. The summed E-state index contributed by atoms with van der Waals surface area (Å²) in [5, 5.41) is 31.7. The van der Waals surface area contributed by atoms with Gasteiger partial charge in [-0.25, -0.2) is 0 Å². The maximum absolute atomic E-state index is 12.1. The number of aromatic nitrogens is 4. The van der Waals surface area contributed by atoms with Crippen LogP contribution in [0.3, 0.4) is 0 Å². The normalized spacial score (nSPS) is 16.7. The minimum absolute atomic E-state index is 0.147. The average molecular weight is 258 g/mol. The van der Waals surface area contributed by atoms with Crippen LogP contribution < -0.4 is 0 Å². The van der Waals surface area contributed by atoms with Gasteiger partial charge in [0.25, 0.3) is 5.91 Å². The van der Waals surface area contributed by atoms with Gasteiger partial charge in [0.05, 0.1) is 25.0 Å². The largest absolute Gasteiger partial charge is 0.380 e. The highest BCUT2D eigenvalue weighted by Crippen LogP contribution is 2.31. The van der Waals surface area contributed by atoms with E-state index in [-0.39, 0.29) is 30.3 Å². The smallest absolute Gasteiger partial charge is 0.273 e. The van der Waals surface area contributed by atoms with Gasteiger partial charge in [0.1, 0.15) is 22.9 Å². The summed E-state index contributed by atoms with van der Waals surface area (Å²) < 4.78 is 0. The van der Waals surface area contributed by atoms with Crippen LogP contribution in [0.15, 0.2) is 18.5 Å². The molecule has 1 saturated heterocycles. The molecule has 0 aliphatic carbocycles. The van der Waals surface area contributed by atoms with E-state index in [1.54, 1.807) is 12.3 Å². The lowest BCUT2D eigenvalue weighted by molar-refractivity contribution is -0.0894. The van der Waals surface area contributed by atoms with Gasteiger partial charge in [-0.2, -0.15) is 15.5 Å². The highest BCUT2D eigenvalue weighted by molar-refractivity contribution is 5.95. The van der Waals surface area contributed by atoms with E-state index < -0.39 is 5.60 Å². The first-order valence-corrected chi connectivity index (χ1v) is 5.59. The highest BCUT2D eigenvalue weighted by atomic mass is 16.3. The number of nitrogens with one attached hydrogen (secondary N) is 2. The third kappa shape index (κ3) is 1.68. The molecule has 0 bridgehead atoms. The predicted octanol–water partition coefficient (Wildman–Crippen LogP) is -0.652. The van der Waals surface area contributed by atoms with Gasteiger partial charge in [0.15, 0.2) is 0 Å². The molecule has 0 unspecified atom stereocenters. The van der Waals surface area contributed by atoms with Crippen LogP contribution in [0.25, 0.3) is 0 Å². The monoisotopic (exact) mass is 258 g/mol. The number of likely N-dealkylation sites (tertiary alicyclic amines) is 1. The molecule has 3 heterocycles. The molecule has 1 aliphatic heterocycles. The summed E-state index contributed by atoms with van der Waals surface area (Å²) in [5.41, 5.74) is -0.184. The summed E-state index contributed by atoms with van der Waals surface area (Å²) in [6, 6.07) is 3.55. The molecule has 1 fully saturated rings. The third-order valence-electron chi connectivity index (χ3n) is 3.17. The van der Waals surface area contributed by atoms with Crippen molar-refractivity contribution in [1.29, 1.82) is 5.26 Å². The number of aliphatic hydroxyl groups is 1. The molecule has 2 aromatic rings. The van der Waals surface area contributed by atoms with E-state index in [1.807, 2.05) is 6.07 Å². The van der Waals surface area contributed by atoms with E-state index in [2.05, 4.69) is 20.4 Å². The zero-order valence-electron chi connectivity index (χ0n) is 9.79. The second-order valence-corrected chi connectivity index (χ2v) is 4.43. The van der Waals surface area contributed by atoms with Crippen molar-refractivity contribution in [3.8, 4) is 6.07 Å². The number of hydrogen-bond donors (Lipinski definition) is 3. The standard InChI is InChI=1S/C11H10N6O2/c12-3-7-4-14-16-9(7)10(18)17-5-11(19,6-17)8-1-2-13-15-8/h1-2,4,19H,5-6H2,(H,13,15)(H,14,16). The van der Waals surface area contributed by atoms with Crippen molar-refractivity contribution in [3.05, 3.63) is 35.4 Å². The van der Waals surface area contributed by atoms with Crippen molar-refractivity contribution in [1.82, 2.24) is 25.3 Å². The number of carbonyl (C=O) groups excluding carboxylic acids is 1. The highest BCUT2D eigenvalue weighted by Gasteiger charge is 2.46. The minimum atomic E-state index is -1.10. The lowest BCUT2D eigenvalue weighted by atomic mass is 9.90. The van der Waals surface area contributed by atoms with E-state index in [9.17, 15) is 9.90 Å². The van der Waals surface area contributed by atoms with Crippen LogP contribution in [-0.4, -0.2) is 49.4 Å². The number of nitrogens with zero attached hydrogens (tertiary/aromatic N) is 4. The van der Waals surface area contributed by atoms with Crippen LogP contribution in [-0.2, 0) is 5.60 Å². The number of amides is 1. The van der Waals surface area contributed by atoms with Crippen LogP contribution in [0.5, 0.6) is 0 Å². The Balaban J connectivity index is 1.75. The van der Waals surface area contributed by atoms with Crippen molar-refractivity contribution in [2.45, 2.75) is 5.60 Å². The van der Waals surface area contributed by atoms with Crippen LogP contribution in [0, 0.1) is 11.3 Å². The first kappa shape index (κ1) is 11.4. The quantitative estimate of drug-likeness (QED) is 0.660. The fourth-order valence-electron chi connectivity index (χ4n) is 2.11. The molecule has 0 saturated carbocycles. The fraction of sp³-hybridized carbons (Fsp3) is 0.273. The van der Waals surface area contributed by atoms with Gasteiger partial charge in [-0.15, -0.1) is 0 Å². The molecule has 0 aromatic carbocycles. The Kier molecular flexibility index (Phi) is 2.36. The van der Waals surface area contributed by atoms with Gasteiger partial charge in [0.2, 0.25) is 0 Å². The Bertz CT molecular complexity index is 647. The van der Waals surface area contributed by atoms with Crippen LogP contribution in [0.4, 0.5) is 0 Å². The third-order valence-corrected chi connectivity index (χ3v) is 3.17. The number of hydrogen-bond acceptors (Lipinski definition) is 5.